The van der Waals surface area contributed by atoms with Gasteiger partial charge in [0.15, 0.2) is 11.5 Å². The highest BCUT2D eigenvalue weighted by Gasteiger charge is 2.35. The van der Waals surface area contributed by atoms with Gasteiger partial charge in [0.2, 0.25) is 0 Å². The number of methoxy groups -OCH3 is 3. The fraction of sp³-hybridized carbons (Fsp3) is 0.417. The van der Waals surface area contributed by atoms with E-state index >= 15 is 0 Å². The van der Waals surface area contributed by atoms with Crippen molar-refractivity contribution in [3.05, 3.63) is 53.6 Å². The Morgan fingerprint density at radius 1 is 1.03 bits per heavy atom. The fourth-order valence-corrected chi connectivity index (χ4v) is 3.83. The van der Waals surface area contributed by atoms with Gasteiger partial charge >= 0.3 is 0 Å². The molecule has 1 aliphatic rings. The van der Waals surface area contributed by atoms with Crippen molar-refractivity contribution in [2.24, 2.45) is 5.10 Å². The molecule has 7 heteroatoms. The van der Waals surface area contributed by atoms with E-state index in [0.29, 0.717) is 24.5 Å². The van der Waals surface area contributed by atoms with Crippen molar-refractivity contribution in [2.75, 3.05) is 41.0 Å². The standard InChI is InChI=1S/C24H31N3O4/c1-6-26(7-2)16-23(28)27-21(19-9-8-10-22(30-4)24(19)31-5)15-20(25-27)17-11-13-18(29-3)14-12-17/h8-14,21H,6-7,15-16H2,1-5H3/t21-/m1/s1. The second-order valence-electron chi connectivity index (χ2n) is 7.28. The lowest BCUT2D eigenvalue weighted by Crippen LogP contribution is -2.38. The molecule has 0 unspecified atom stereocenters. The molecule has 1 aliphatic heterocycles. The largest absolute Gasteiger partial charge is 0.497 e. The minimum absolute atomic E-state index is 0.0397. The predicted molar refractivity (Wildman–Crippen MR) is 121 cm³/mol. The molecule has 1 heterocycles. The topological polar surface area (TPSA) is 63.6 Å². The van der Waals surface area contributed by atoms with E-state index < -0.39 is 0 Å². The van der Waals surface area contributed by atoms with Crippen LogP contribution in [0.2, 0.25) is 0 Å². The van der Waals surface area contributed by atoms with E-state index in [1.54, 1.807) is 26.3 Å². The molecular weight excluding hydrogens is 394 g/mol. The Morgan fingerprint density at radius 2 is 1.74 bits per heavy atom. The summed E-state index contributed by atoms with van der Waals surface area (Å²) in [7, 11) is 4.86. The van der Waals surface area contributed by atoms with E-state index in [-0.39, 0.29) is 11.9 Å². The average molecular weight is 426 g/mol. The van der Waals surface area contributed by atoms with Crippen LogP contribution in [0.5, 0.6) is 17.2 Å². The van der Waals surface area contributed by atoms with Crippen LogP contribution in [-0.2, 0) is 4.79 Å². The molecule has 0 radical (unpaired) electrons. The molecule has 1 amide bonds. The molecule has 0 aliphatic carbocycles. The maximum atomic E-state index is 13.3. The van der Waals surface area contributed by atoms with E-state index in [4.69, 9.17) is 19.3 Å². The molecule has 0 aromatic heterocycles. The third-order valence-electron chi connectivity index (χ3n) is 5.63. The number of likely N-dealkylation sites (N-methyl/N-ethyl adjacent to an activating group) is 1. The van der Waals surface area contributed by atoms with Gasteiger partial charge in [-0.2, -0.15) is 5.10 Å². The molecule has 1 atom stereocenters. The zero-order valence-electron chi connectivity index (χ0n) is 18.9. The van der Waals surface area contributed by atoms with Gasteiger partial charge in [0, 0.05) is 12.0 Å². The smallest absolute Gasteiger partial charge is 0.257 e. The molecule has 0 saturated carbocycles. The summed E-state index contributed by atoms with van der Waals surface area (Å²) in [6.07, 6.45) is 0.583. The van der Waals surface area contributed by atoms with E-state index in [2.05, 4.69) is 18.7 Å². The van der Waals surface area contributed by atoms with Crippen molar-refractivity contribution in [2.45, 2.75) is 26.3 Å². The van der Waals surface area contributed by atoms with Gasteiger partial charge in [0.1, 0.15) is 5.75 Å². The van der Waals surface area contributed by atoms with Gasteiger partial charge in [-0.1, -0.05) is 26.0 Å². The summed E-state index contributed by atoms with van der Waals surface area (Å²) in [5.41, 5.74) is 2.69. The molecular formula is C24H31N3O4. The summed E-state index contributed by atoms with van der Waals surface area (Å²) in [6, 6.07) is 13.2. The molecule has 0 spiro atoms. The maximum absolute atomic E-state index is 13.3. The number of nitrogens with zero attached hydrogens (tertiary/aromatic N) is 3. The third kappa shape index (κ3) is 4.82. The van der Waals surface area contributed by atoms with Gasteiger partial charge in [-0.15, -0.1) is 0 Å². The number of benzene rings is 2. The van der Waals surface area contributed by atoms with E-state index in [1.165, 1.54) is 0 Å². The van der Waals surface area contributed by atoms with Gasteiger partial charge in [-0.25, -0.2) is 5.01 Å². The molecule has 2 aromatic carbocycles. The van der Waals surface area contributed by atoms with Gasteiger partial charge in [0.25, 0.3) is 5.91 Å². The van der Waals surface area contributed by atoms with Crippen molar-refractivity contribution in [3.63, 3.8) is 0 Å². The number of para-hydroxylation sites is 1. The lowest BCUT2D eigenvalue weighted by atomic mass is 9.97. The summed E-state index contributed by atoms with van der Waals surface area (Å²) >= 11 is 0. The van der Waals surface area contributed by atoms with Gasteiger partial charge < -0.3 is 14.2 Å². The zero-order valence-corrected chi connectivity index (χ0v) is 18.9. The summed E-state index contributed by atoms with van der Waals surface area (Å²) in [5, 5.41) is 6.37. The second kappa shape index (κ2) is 10.3. The lowest BCUT2D eigenvalue weighted by Gasteiger charge is -2.26. The SMILES string of the molecule is CCN(CC)CC(=O)N1N=C(c2ccc(OC)cc2)C[C@@H]1c1cccc(OC)c1OC. The molecule has 0 fully saturated rings. The fourth-order valence-electron chi connectivity index (χ4n) is 3.83. The van der Waals surface area contributed by atoms with Crippen molar-refractivity contribution in [1.29, 1.82) is 0 Å². The average Bonchev–Trinajstić information content (AvgIpc) is 3.27. The zero-order chi connectivity index (χ0) is 22.4. The van der Waals surface area contributed by atoms with Crippen LogP contribution < -0.4 is 14.2 Å². The van der Waals surface area contributed by atoms with Gasteiger partial charge in [-0.3, -0.25) is 9.69 Å². The molecule has 7 nitrogen and oxygen atoms in total. The number of hydrogen-bond acceptors (Lipinski definition) is 6. The number of hydrazone groups is 1. The number of carbonyl (C=O) groups is 1. The second-order valence-corrected chi connectivity index (χ2v) is 7.28. The lowest BCUT2D eigenvalue weighted by molar-refractivity contribution is -0.134. The van der Waals surface area contributed by atoms with E-state index in [1.807, 2.05) is 42.5 Å². The summed E-state index contributed by atoms with van der Waals surface area (Å²) in [4.78, 5) is 15.4. The Kier molecular flexibility index (Phi) is 7.52. The van der Waals surface area contributed by atoms with Crippen LogP contribution in [0.3, 0.4) is 0 Å². The summed E-state index contributed by atoms with van der Waals surface area (Å²) < 4.78 is 16.4. The molecule has 0 saturated heterocycles. The van der Waals surface area contributed by atoms with Crippen LogP contribution in [0.4, 0.5) is 0 Å². The minimum atomic E-state index is -0.273. The normalized spacial score (nSPS) is 15.7. The van der Waals surface area contributed by atoms with Crippen LogP contribution in [0.1, 0.15) is 37.4 Å². The quantitative estimate of drug-likeness (QED) is 0.613. The number of amides is 1. The Morgan fingerprint density at radius 3 is 2.32 bits per heavy atom. The maximum Gasteiger partial charge on any atom is 0.257 e. The van der Waals surface area contributed by atoms with E-state index in [9.17, 15) is 4.79 Å². The van der Waals surface area contributed by atoms with Crippen LogP contribution >= 0.6 is 0 Å². The van der Waals surface area contributed by atoms with Crippen LogP contribution in [0.15, 0.2) is 47.6 Å². The highest BCUT2D eigenvalue weighted by Crippen LogP contribution is 2.41. The first kappa shape index (κ1) is 22.6. The van der Waals surface area contributed by atoms with Crippen LogP contribution in [0.25, 0.3) is 0 Å². The number of hydrogen-bond donors (Lipinski definition) is 0. The Bertz CT molecular complexity index is 923. The van der Waals surface area contributed by atoms with Crippen molar-refractivity contribution in [3.8, 4) is 17.2 Å². The van der Waals surface area contributed by atoms with E-state index in [0.717, 1.165) is 35.7 Å². The first-order chi connectivity index (χ1) is 15.1. The molecule has 0 bridgehead atoms. The molecule has 3 rings (SSSR count). The highest BCUT2D eigenvalue weighted by atomic mass is 16.5. The van der Waals surface area contributed by atoms with Crippen molar-refractivity contribution >= 4 is 11.6 Å². The molecule has 0 N–H and O–H groups in total. The molecule has 31 heavy (non-hydrogen) atoms. The highest BCUT2D eigenvalue weighted by molar-refractivity contribution is 6.03. The first-order valence-corrected chi connectivity index (χ1v) is 10.5. The van der Waals surface area contributed by atoms with Crippen LogP contribution in [0, 0.1) is 0 Å². The summed E-state index contributed by atoms with van der Waals surface area (Å²) in [5.74, 6) is 2.00. The number of rotatable bonds is 9. The molecule has 166 valence electrons. The van der Waals surface area contributed by atoms with Gasteiger partial charge in [-0.05, 0) is 49.0 Å². The van der Waals surface area contributed by atoms with Crippen molar-refractivity contribution < 1.29 is 19.0 Å². The Hall–Kier alpha value is -3.06. The monoisotopic (exact) mass is 425 g/mol. The van der Waals surface area contributed by atoms with Crippen molar-refractivity contribution in [1.82, 2.24) is 9.91 Å². The third-order valence-corrected chi connectivity index (χ3v) is 5.63. The predicted octanol–water partition coefficient (Wildman–Crippen LogP) is 3.73. The minimum Gasteiger partial charge on any atom is -0.497 e. The first-order valence-electron chi connectivity index (χ1n) is 10.5. The Balaban J connectivity index is 1.99. The number of ether oxygens (including phenoxy) is 3. The summed E-state index contributed by atoms with van der Waals surface area (Å²) in [6.45, 7) is 6.02. The van der Waals surface area contributed by atoms with Gasteiger partial charge in [0.05, 0.1) is 39.6 Å². The molecule has 2 aromatic rings. The van der Waals surface area contributed by atoms with Crippen LogP contribution in [-0.4, -0.2) is 62.5 Å². The number of carbonyl (C=O) groups excluding carboxylic acids is 1. The Labute approximate surface area is 184 Å².